The van der Waals surface area contributed by atoms with E-state index in [1.54, 1.807) is 19.6 Å². The first-order chi connectivity index (χ1) is 22.1. The van der Waals surface area contributed by atoms with Crippen molar-refractivity contribution in [3.63, 3.8) is 0 Å². The van der Waals surface area contributed by atoms with E-state index < -0.39 is 79.6 Å². The third kappa shape index (κ3) is 14.1. The van der Waals surface area contributed by atoms with Gasteiger partial charge < -0.3 is 26.7 Å². The van der Waals surface area contributed by atoms with Crippen LogP contribution in [0, 0.1) is 0 Å². The summed E-state index contributed by atoms with van der Waals surface area (Å²) in [6.07, 6.45) is -11.4. The molecule has 0 heterocycles. The summed E-state index contributed by atoms with van der Waals surface area (Å²) in [5.74, 6) is 0. The van der Waals surface area contributed by atoms with Gasteiger partial charge in [0, 0.05) is 26.1 Å². The Morgan fingerprint density at radius 3 is 1.35 bits per heavy atom. The fourth-order valence-corrected chi connectivity index (χ4v) is 29.7. The van der Waals surface area contributed by atoms with Gasteiger partial charge in [-0.25, -0.2) is 0 Å². The van der Waals surface area contributed by atoms with Crippen LogP contribution in [0.1, 0.15) is 25.7 Å². The second-order valence-corrected chi connectivity index (χ2v) is 32.2. The van der Waals surface area contributed by atoms with Crippen LogP contribution in [-0.2, 0) is 16.5 Å². The Bertz CT molecular complexity index is 1200. The lowest BCUT2D eigenvalue weighted by Gasteiger charge is -2.47. The number of hydrogen-bond acceptors (Lipinski definition) is 6. The van der Waals surface area contributed by atoms with Crippen LogP contribution in [-0.4, -0.2) is 78.1 Å². The Morgan fingerprint density at radius 1 is 0.604 bits per heavy atom. The SMILES string of the molecule is C=C[Si](C)(O[Si](CCC(F)(F)F)(CCC(F)(F)F)O[Si](C)(C)CCCO)O[Si](O[Si](C)(C)CCCO)(c1ccccc1)c1ccccc1. The Balaban J connectivity index is 2.84. The zero-order valence-electron chi connectivity index (χ0n) is 28.4. The predicted octanol–water partition coefficient (Wildman–Crippen LogP) is 7.63. The van der Waals surface area contributed by atoms with Gasteiger partial charge in [0.15, 0.2) is 16.6 Å². The summed E-state index contributed by atoms with van der Waals surface area (Å²) in [5.41, 5.74) is 1.39. The molecule has 6 nitrogen and oxygen atoms in total. The number of halogens is 6. The minimum absolute atomic E-state index is 0.0477. The average Bonchev–Trinajstić information content (AvgIpc) is 3.00. The first-order valence-electron chi connectivity index (χ1n) is 16.0. The van der Waals surface area contributed by atoms with Crippen LogP contribution in [0.5, 0.6) is 0 Å². The van der Waals surface area contributed by atoms with Crippen LogP contribution in [0.15, 0.2) is 72.9 Å². The van der Waals surface area contributed by atoms with Crippen LogP contribution in [0.3, 0.4) is 0 Å². The molecule has 0 radical (unpaired) electrons. The summed E-state index contributed by atoms with van der Waals surface area (Å²) in [7, 11) is -17.8. The molecule has 0 fully saturated rings. The Hall–Kier alpha value is -1.40. The fourth-order valence-electron chi connectivity index (χ4n) is 5.52. The predicted molar refractivity (Wildman–Crippen MR) is 189 cm³/mol. The van der Waals surface area contributed by atoms with Gasteiger partial charge in [-0.15, -0.1) is 6.58 Å². The molecule has 2 N–H and O–H groups in total. The van der Waals surface area contributed by atoms with Crippen molar-refractivity contribution in [2.45, 2.75) is 94.9 Å². The monoisotopic (exact) mass is 772 g/mol. The highest BCUT2D eigenvalue weighted by atomic mass is 28.5. The maximum atomic E-state index is 13.8. The van der Waals surface area contributed by atoms with Gasteiger partial charge in [-0.1, -0.05) is 66.4 Å². The molecule has 17 heteroatoms. The Labute approximate surface area is 286 Å². The van der Waals surface area contributed by atoms with E-state index in [1.807, 2.05) is 73.8 Å². The van der Waals surface area contributed by atoms with Crippen molar-refractivity contribution in [2.75, 3.05) is 13.2 Å². The number of rotatable bonds is 21. The van der Waals surface area contributed by atoms with Gasteiger partial charge >= 0.3 is 38.0 Å². The van der Waals surface area contributed by atoms with Gasteiger partial charge in [0.05, 0.1) is 0 Å². The minimum atomic E-state index is -4.68. The maximum absolute atomic E-state index is 13.8. The molecule has 272 valence electrons. The molecule has 1 unspecified atom stereocenters. The third-order valence-corrected chi connectivity index (χ3v) is 28.8. The van der Waals surface area contributed by atoms with Crippen molar-refractivity contribution in [2.24, 2.45) is 0 Å². The average molecular weight is 773 g/mol. The molecular formula is C31H50F6O6Si5. The first kappa shape index (κ1) is 42.8. The lowest BCUT2D eigenvalue weighted by Crippen LogP contribution is -2.72. The zero-order chi connectivity index (χ0) is 36.3. The van der Waals surface area contributed by atoms with Crippen molar-refractivity contribution in [3.8, 4) is 0 Å². The summed E-state index contributed by atoms with van der Waals surface area (Å²) in [5, 5.41) is 20.4. The number of hydrogen-bond donors (Lipinski definition) is 2. The summed E-state index contributed by atoms with van der Waals surface area (Å²) < 4.78 is 110. The second kappa shape index (κ2) is 17.7. The summed E-state index contributed by atoms with van der Waals surface area (Å²) in [4.78, 5) is 0. The van der Waals surface area contributed by atoms with E-state index in [-0.39, 0.29) is 19.6 Å². The van der Waals surface area contributed by atoms with Crippen molar-refractivity contribution < 1.29 is 53.0 Å². The molecule has 2 aromatic carbocycles. The minimum Gasteiger partial charge on any atom is -0.436 e. The molecule has 2 rings (SSSR count). The molecule has 0 aliphatic carbocycles. The van der Waals surface area contributed by atoms with Gasteiger partial charge in [0.2, 0.25) is 0 Å². The van der Waals surface area contributed by atoms with Crippen LogP contribution < -0.4 is 10.4 Å². The highest BCUT2D eigenvalue weighted by molar-refractivity contribution is 7.03. The highest BCUT2D eigenvalue weighted by Gasteiger charge is 2.56. The van der Waals surface area contributed by atoms with Crippen LogP contribution in [0.4, 0.5) is 26.3 Å². The van der Waals surface area contributed by atoms with Gasteiger partial charge in [-0.3, -0.25) is 0 Å². The van der Waals surface area contributed by atoms with Crippen molar-refractivity contribution >= 4 is 52.7 Å². The second-order valence-electron chi connectivity index (χ2n) is 13.3. The Morgan fingerprint density at radius 2 is 1.00 bits per heavy atom. The number of aliphatic hydroxyl groups is 2. The summed E-state index contributed by atoms with van der Waals surface area (Å²) in [6.45, 7) is 12.7. The first-order valence-corrected chi connectivity index (χ1v) is 28.7. The van der Waals surface area contributed by atoms with Gasteiger partial charge in [0.1, 0.15) is 0 Å². The molecule has 0 aliphatic heterocycles. The van der Waals surface area contributed by atoms with E-state index in [2.05, 4.69) is 6.58 Å². The van der Waals surface area contributed by atoms with Gasteiger partial charge in [-0.2, -0.15) is 26.3 Å². The smallest absolute Gasteiger partial charge is 0.389 e. The lowest BCUT2D eigenvalue weighted by molar-refractivity contribution is -0.133. The topological polar surface area (TPSA) is 77.4 Å². The van der Waals surface area contributed by atoms with E-state index in [0.717, 1.165) is 0 Å². The van der Waals surface area contributed by atoms with Crippen molar-refractivity contribution in [1.29, 1.82) is 0 Å². The van der Waals surface area contributed by atoms with Gasteiger partial charge in [-0.05, 0) is 80.1 Å². The summed E-state index contributed by atoms with van der Waals surface area (Å²) >= 11 is 0. The van der Waals surface area contributed by atoms with Gasteiger partial charge in [0.25, 0.3) is 0 Å². The molecule has 1 atom stereocenters. The molecular weight excluding hydrogens is 723 g/mol. The van der Waals surface area contributed by atoms with Crippen LogP contribution in [0.2, 0.25) is 56.9 Å². The Kier molecular flexibility index (Phi) is 15.8. The molecule has 0 amide bonds. The fraction of sp³-hybridized carbons (Fsp3) is 0.548. The third-order valence-electron chi connectivity index (χ3n) is 7.75. The van der Waals surface area contributed by atoms with E-state index in [1.165, 1.54) is 5.70 Å². The van der Waals surface area contributed by atoms with E-state index in [4.69, 9.17) is 16.5 Å². The molecule has 0 spiro atoms. The molecule has 48 heavy (non-hydrogen) atoms. The molecule has 2 aromatic rings. The molecule has 0 aromatic heterocycles. The highest BCUT2D eigenvalue weighted by Crippen LogP contribution is 2.39. The van der Waals surface area contributed by atoms with E-state index >= 15 is 0 Å². The molecule has 0 aliphatic rings. The standard InChI is InChI=1S/C31H50F6O6Si5/c1-7-46(6,42-47(26-20-30(32,33)34,27-21-31(35,36)37)40-44(2,3)24-14-22-38)43-48(28-16-10-8-11-17-28,29-18-12-9-13-19-29)41-45(4,5)25-15-23-39/h7-13,16-19,38-39H,1,14-15,20-27H2,2-6H3. The van der Waals surface area contributed by atoms with Crippen molar-refractivity contribution in [1.82, 2.24) is 0 Å². The largest absolute Gasteiger partial charge is 0.436 e. The maximum Gasteiger partial charge on any atom is 0.389 e. The zero-order valence-corrected chi connectivity index (χ0v) is 33.4. The molecule has 0 saturated carbocycles. The van der Waals surface area contributed by atoms with Crippen LogP contribution >= 0.6 is 0 Å². The number of benzene rings is 2. The normalized spacial score (nSPS) is 14.9. The van der Waals surface area contributed by atoms with Crippen molar-refractivity contribution in [3.05, 3.63) is 72.9 Å². The quantitative estimate of drug-likeness (QED) is 0.101. The van der Waals surface area contributed by atoms with E-state index in [9.17, 15) is 36.6 Å². The number of alkyl halides is 6. The molecule has 0 saturated heterocycles. The lowest BCUT2D eigenvalue weighted by atomic mass is 10.4. The summed E-state index contributed by atoms with van der Waals surface area (Å²) in [6, 6.07) is 17.6. The molecule has 0 bridgehead atoms. The number of aliphatic hydroxyl groups excluding tert-OH is 2. The van der Waals surface area contributed by atoms with Crippen LogP contribution in [0.25, 0.3) is 0 Å². The van der Waals surface area contributed by atoms with E-state index in [0.29, 0.717) is 28.9 Å².